The molecule has 0 spiro atoms. The number of aromatic hydroxyl groups is 1. The van der Waals surface area contributed by atoms with E-state index in [4.69, 9.17) is 4.74 Å². The zero-order chi connectivity index (χ0) is 30.8. The number of aliphatic hydroxyl groups is 1. The van der Waals surface area contributed by atoms with Gasteiger partial charge >= 0.3 is 12.1 Å². The molecule has 0 radical (unpaired) electrons. The quantitative estimate of drug-likeness (QED) is 0.182. The molecule has 2 aromatic rings. The average Bonchev–Trinajstić information content (AvgIpc) is 3.26. The summed E-state index contributed by atoms with van der Waals surface area (Å²) in [6.07, 6.45) is 1.40. The molecule has 3 nitrogen and oxygen atoms in total. The molecular weight excluding hydrogens is 583 g/mol. The maximum Gasteiger partial charge on any atom is 0.453 e. The van der Waals surface area contributed by atoms with E-state index in [1.807, 2.05) is 24.3 Å². The van der Waals surface area contributed by atoms with Crippen LogP contribution in [0.1, 0.15) is 93.2 Å². The predicted octanol–water partition coefficient (Wildman–Crippen LogP) is 9.26. The lowest BCUT2D eigenvalue weighted by Gasteiger charge is -2.54. The largest absolute Gasteiger partial charge is 0.508 e. The summed E-state index contributed by atoms with van der Waals surface area (Å²) in [6.45, 7) is 2.84. The zero-order valence-corrected chi connectivity index (χ0v) is 25.5. The summed E-state index contributed by atoms with van der Waals surface area (Å²) in [5.74, 6) is -1.48. The van der Waals surface area contributed by atoms with Gasteiger partial charge in [0.1, 0.15) is 11.5 Å². The van der Waals surface area contributed by atoms with Gasteiger partial charge in [-0.05, 0) is 126 Å². The Bertz CT molecular complexity index is 1220. The Hall–Kier alpha value is -2.00. The number of aliphatic hydroxyl groups excluding tert-OH is 1. The molecule has 2 aromatic carbocycles. The topological polar surface area (TPSA) is 49.7 Å². The maximum absolute atomic E-state index is 12.9. The standard InChI is InChI=1S/C34H43F5O3S/c1-32-21-28(31-26-13-9-24(40)20-23(26)8-12-27(31)29(32)14-15-30(32)41)22-6-10-25(11-7-22)42-17-4-2-3-5-18-43-19-16-33(35,36)34(37,38)39/h6-7,9-11,13,20,27-31,40-41H,2-5,8,12,14-19,21H2,1H3/t27-,28+,29-,30-,31+,32-/m0/s1. The van der Waals surface area contributed by atoms with Crippen LogP contribution < -0.4 is 4.74 Å². The van der Waals surface area contributed by atoms with Gasteiger partial charge in [0.15, 0.2) is 0 Å². The molecule has 3 aliphatic carbocycles. The molecule has 5 rings (SSSR count). The molecule has 0 bridgehead atoms. The molecule has 0 amide bonds. The van der Waals surface area contributed by atoms with Crippen molar-refractivity contribution in [3.05, 3.63) is 59.2 Å². The summed E-state index contributed by atoms with van der Waals surface area (Å²) in [5.41, 5.74) is 3.75. The summed E-state index contributed by atoms with van der Waals surface area (Å²) < 4.78 is 68.5. The van der Waals surface area contributed by atoms with Gasteiger partial charge in [0.2, 0.25) is 0 Å². The van der Waals surface area contributed by atoms with E-state index >= 15 is 0 Å². The highest BCUT2D eigenvalue weighted by molar-refractivity contribution is 7.99. The van der Waals surface area contributed by atoms with Crippen molar-refractivity contribution in [3.8, 4) is 11.5 Å². The third-order valence-electron chi connectivity index (χ3n) is 10.4. The summed E-state index contributed by atoms with van der Waals surface area (Å²) in [7, 11) is 0. The number of phenolic OH excluding ortho intramolecular Hbond substituents is 1. The Morgan fingerprint density at radius 3 is 2.42 bits per heavy atom. The molecule has 9 heteroatoms. The van der Waals surface area contributed by atoms with Gasteiger partial charge in [0, 0.05) is 6.42 Å². The van der Waals surface area contributed by atoms with Gasteiger partial charge in [-0.15, -0.1) is 0 Å². The van der Waals surface area contributed by atoms with Crippen molar-refractivity contribution in [1.82, 2.24) is 0 Å². The number of benzene rings is 2. The van der Waals surface area contributed by atoms with E-state index in [1.54, 1.807) is 0 Å². The number of phenols is 1. The minimum absolute atomic E-state index is 0.0952. The minimum atomic E-state index is -5.47. The molecule has 2 saturated carbocycles. The highest BCUT2D eigenvalue weighted by atomic mass is 32.2. The Morgan fingerprint density at radius 2 is 1.67 bits per heavy atom. The van der Waals surface area contributed by atoms with Crippen LogP contribution in [0.3, 0.4) is 0 Å². The van der Waals surface area contributed by atoms with Gasteiger partial charge in [-0.25, -0.2) is 0 Å². The lowest BCUT2D eigenvalue weighted by atomic mass is 9.51. The SMILES string of the molecule is C[C@]12C[C@H](c3ccc(OCCCCCCSCCC(F)(F)C(F)(F)F)cc3)[C@@H]3c4ccc(O)cc4CC[C@H]3[C@@H]1CC[C@@H]2O. The first-order chi connectivity index (χ1) is 20.4. The Morgan fingerprint density at radius 1 is 0.930 bits per heavy atom. The molecule has 0 heterocycles. The Balaban J connectivity index is 1.11. The molecule has 238 valence electrons. The molecule has 43 heavy (non-hydrogen) atoms. The van der Waals surface area contributed by atoms with E-state index in [0.29, 0.717) is 35.9 Å². The average molecular weight is 627 g/mol. The number of rotatable bonds is 12. The normalized spacial score (nSPS) is 28.7. The molecule has 0 saturated heterocycles. The lowest BCUT2D eigenvalue weighted by Crippen LogP contribution is -2.47. The minimum Gasteiger partial charge on any atom is -0.508 e. The van der Waals surface area contributed by atoms with Crippen LogP contribution in [0.15, 0.2) is 42.5 Å². The van der Waals surface area contributed by atoms with Crippen LogP contribution in [0.5, 0.6) is 11.5 Å². The number of thioether (sulfide) groups is 1. The van der Waals surface area contributed by atoms with Crippen molar-refractivity contribution in [2.75, 3.05) is 18.1 Å². The van der Waals surface area contributed by atoms with Crippen LogP contribution in [0.25, 0.3) is 0 Å². The fraction of sp³-hybridized carbons (Fsp3) is 0.647. The number of aryl methyl sites for hydroxylation is 1. The number of ether oxygens (including phenoxy) is 1. The second-order valence-corrected chi connectivity index (χ2v) is 14.2. The molecular formula is C34H43F5O3S. The third-order valence-corrected chi connectivity index (χ3v) is 11.5. The monoisotopic (exact) mass is 626 g/mol. The van der Waals surface area contributed by atoms with Crippen LogP contribution in [0.4, 0.5) is 22.0 Å². The molecule has 2 N–H and O–H groups in total. The van der Waals surface area contributed by atoms with Crippen molar-refractivity contribution in [1.29, 1.82) is 0 Å². The van der Waals surface area contributed by atoms with Crippen molar-refractivity contribution >= 4 is 11.8 Å². The second kappa shape index (κ2) is 13.2. The van der Waals surface area contributed by atoms with Gasteiger partial charge in [0.05, 0.1) is 12.7 Å². The number of halogens is 5. The molecule has 3 aliphatic rings. The zero-order valence-electron chi connectivity index (χ0n) is 24.7. The molecule has 0 aliphatic heterocycles. The fourth-order valence-electron chi connectivity index (χ4n) is 8.10. The van der Waals surface area contributed by atoms with Crippen LogP contribution in [0, 0.1) is 17.3 Å². The van der Waals surface area contributed by atoms with Gasteiger partial charge in [-0.3, -0.25) is 0 Å². The van der Waals surface area contributed by atoms with E-state index in [-0.39, 0.29) is 23.2 Å². The van der Waals surface area contributed by atoms with E-state index in [0.717, 1.165) is 75.3 Å². The fourth-order valence-corrected chi connectivity index (χ4v) is 9.11. The maximum atomic E-state index is 12.9. The molecule has 0 aromatic heterocycles. The first-order valence-electron chi connectivity index (χ1n) is 15.7. The van der Waals surface area contributed by atoms with E-state index in [9.17, 15) is 32.2 Å². The summed E-state index contributed by atoms with van der Waals surface area (Å²) in [5, 5.41) is 21.2. The summed E-state index contributed by atoms with van der Waals surface area (Å²) in [6, 6.07) is 14.2. The van der Waals surface area contributed by atoms with E-state index < -0.39 is 18.5 Å². The van der Waals surface area contributed by atoms with Crippen molar-refractivity contribution in [2.24, 2.45) is 17.3 Å². The van der Waals surface area contributed by atoms with Crippen molar-refractivity contribution in [3.63, 3.8) is 0 Å². The smallest absolute Gasteiger partial charge is 0.453 e. The van der Waals surface area contributed by atoms with Gasteiger partial charge in [-0.2, -0.15) is 33.7 Å². The number of hydrogen-bond acceptors (Lipinski definition) is 4. The van der Waals surface area contributed by atoms with Gasteiger partial charge in [0.25, 0.3) is 0 Å². The Kier molecular flexibility index (Phi) is 9.91. The van der Waals surface area contributed by atoms with E-state index in [2.05, 4.69) is 25.1 Å². The molecule has 2 fully saturated rings. The number of unbranched alkanes of at least 4 members (excludes halogenated alkanes) is 3. The lowest BCUT2D eigenvalue weighted by molar-refractivity contribution is -0.282. The first-order valence-corrected chi connectivity index (χ1v) is 16.8. The summed E-state index contributed by atoms with van der Waals surface area (Å²) >= 11 is 1.14. The highest BCUT2D eigenvalue weighted by Gasteiger charge is 2.58. The second-order valence-electron chi connectivity index (χ2n) is 13.0. The predicted molar refractivity (Wildman–Crippen MR) is 160 cm³/mol. The number of alkyl halides is 5. The van der Waals surface area contributed by atoms with Gasteiger partial charge < -0.3 is 14.9 Å². The molecule has 0 unspecified atom stereocenters. The molecule has 6 atom stereocenters. The van der Waals surface area contributed by atoms with E-state index in [1.165, 1.54) is 16.7 Å². The number of hydrogen-bond donors (Lipinski definition) is 2. The third kappa shape index (κ3) is 6.98. The van der Waals surface area contributed by atoms with Crippen molar-refractivity contribution < 1.29 is 36.9 Å². The highest BCUT2D eigenvalue weighted by Crippen LogP contribution is 2.65. The Labute approximate surface area is 255 Å². The van der Waals surface area contributed by atoms with Crippen LogP contribution in [-0.2, 0) is 6.42 Å². The first kappa shape index (κ1) is 32.4. The van der Waals surface area contributed by atoms with Gasteiger partial charge in [-0.1, -0.05) is 38.0 Å². The van der Waals surface area contributed by atoms with Crippen LogP contribution >= 0.6 is 11.8 Å². The van der Waals surface area contributed by atoms with Crippen molar-refractivity contribution in [2.45, 2.75) is 101 Å². The van der Waals surface area contributed by atoms with Crippen LogP contribution in [0.2, 0.25) is 0 Å². The summed E-state index contributed by atoms with van der Waals surface area (Å²) in [4.78, 5) is 0. The number of fused-ring (bicyclic) bond motifs is 5. The van der Waals surface area contributed by atoms with Crippen LogP contribution in [-0.4, -0.2) is 46.5 Å².